The summed E-state index contributed by atoms with van der Waals surface area (Å²) in [6.45, 7) is 3.78. The van der Waals surface area contributed by atoms with Gasteiger partial charge < -0.3 is 24.6 Å². The van der Waals surface area contributed by atoms with Gasteiger partial charge in [0.25, 0.3) is 0 Å². The number of amides is 2. The van der Waals surface area contributed by atoms with Crippen LogP contribution in [-0.2, 0) is 16.0 Å². The van der Waals surface area contributed by atoms with Crippen LogP contribution in [-0.4, -0.2) is 67.7 Å². The fraction of sp³-hybridized carbons (Fsp3) is 0.619. The molecule has 3 aliphatic rings. The number of carbonyl (C=O) groups is 2. The number of hydrogen-bond acceptors (Lipinski definition) is 5. The SMILES string of the molecule is CN1CCN(C(=O)C2CCC(NC(=O)CCc3ccc4c(c3)OCO4)C2)CC1. The zero-order chi connectivity index (χ0) is 19.5. The summed E-state index contributed by atoms with van der Waals surface area (Å²) in [5, 5.41) is 3.12. The Balaban J connectivity index is 1.20. The second kappa shape index (κ2) is 8.39. The van der Waals surface area contributed by atoms with E-state index in [0.717, 1.165) is 62.5 Å². The Kier molecular flexibility index (Phi) is 5.71. The molecule has 2 atom stereocenters. The van der Waals surface area contributed by atoms with Crippen LogP contribution >= 0.6 is 0 Å². The molecule has 4 rings (SSSR count). The van der Waals surface area contributed by atoms with E-state index in [1.807, 2.05) is 23.1 Å². The molecule has 2 unspecified atom stereocenters. The number of ether oxygens (including phenoxy) is 2. The van der Waals surface area contributed by atoms with Crippen molar-refractivity contribution in [2.75, 3.05) is 40.0 Å². The van der Waals surface area contributed by atoms with Crippen molar-refractivity contribution in [3.63, 3.8) is 0 Å². The van der Waals surface area contributed by atoms with Crippen molar-refractivity contribution in [2.45, 2.75) is 38.1 Å². The lowest BCUT2D eigenvalue weighted by molar-refractivity contribution is -0.137. The van der Waals surface area contributed by atoms with E-state index < -0.39 is 0 Å². The van der Waals surface area contributed by atoms with Gasteiger partial charge in [-0.1, -0.05) is 6.07 Å². The van der Waals surface area contributed by atoms with Gasteiger partial charge in [-0.15, -0.1) is 0 Å². The number of likely N-dealkylation sites (N-methyl/N-ethyl adjacent to an activating group) is 1. The topological polar surface area (TPSA) is 71.1 Å². The van der Waals surface area contributed by atoms with E-state index in [2.05, 4.69) is 17.3 Å². The van der Waals surface area contributed by atoms with Gasteiger partial charge in [0.2, 0.25) is 18.6 Å². The molecule has 2 aliphatic heterocycles. The Bertz CT molecular complexity index is 730. The van der Waals surface area contributed by atoms with Crippen LogP contribution in [0.3, 0.4) is 0 Å². The highest BCUT2D eigenvalue weighted by molar-refractivity contribution is 5.80. The summed E-state index contributed by atoms with van der Waals surface area (Å²) in [5.74, 6) is 1.89. The monoisotopic (exact) mass is 387 g/mol. The van der Waals surface area contributed by atoms with E-state index >= 15 is 0 Å². The normalized spacial score (nSPS) is 24.4. The molecule has 2 heterocycles. The minimum absolute atomic E-state index is 0.0513. The number of aryl methyl sites for hydroxylation is 1. The molecule has 7 heteroatoms. The first-order valence-electron chi connectivity index (χ1n) is 10.2. The minimum Gasteiger partial charge on any atom is -0.454 e. The first kappa shape index (κ1) is 19.1. The van der Waals surface area contributed by atoms with Crippen LogP contribution in [0.2, 0.25) is 0 Å². The van der Waals surface area contributed by atoms with Crippen molar-refractivity contribution in [2.24, 2.45) is 5.92 Å². The third-order valence-electron chi connectivity index (χ3n) is 6.04. The molecular weight excluding hydrogens is 358 g/mol. The number of piperazine rings is 1. The van der Waals surface area contributed by atoms with Crippen molar-refractivity contribution in [1.29, 1.82) is 0 Å². The second-order valence-electron chi connectivity index (χ2n) is 8.09. The van der Waals surface area contributed by atoms with E-state index in [4.69, 9.17) is 9.47 Å². The van der Waals surface area contributed by atoms with Crippen LogP contribution in [0.1, 0.15) is 31.2 Å². The average molecular weight is 387 g/mol. The van der Waals surface area contributed by atoms with Gasteiger partial charge in [0.15, 0.2) is 11.5 Å². The summed E-state index contributed by atoms with van der Waals surface area (Å²) in [6, 6.07) is 5.92. The molecule has 7 nitrogen and oxygen atoms in total. The van der Waals surface area contributed by atoms with E-state index in [9.17, 15) is 9.59 Å². The van der Waals surface area contributed by atoms with Crippen LogP contribution in [0.15, 0.2) is 18.2 Å². The first-order valence-corrected chi connectivity index (χ1v) is 10.2. The Hall–Kier alpha value is -2.28. The summed E-state index contributed by atoms with van der Waals surface area (Å²) in [4.78, 5) is 29.3. The third kappa shape index (κ3) is 4.41. The largest absolute Gasteiger partial charge is 0.454 e. The van der Waals surface area contributed by atoms with Crippen molar-refractivity contribution >= 4 is 11.8 Å². The lowest BCUT2D eigenvalue weighted by Crippen LogP contribution is -2.49. The maximum absolute atomic E-state index is 12.7. The summed E-state index contributed by atoms with van der Waals surface area (Å²) < 4.78 is 10.7. The number of nitrogens with one attached hydrogen (secondary N) is 1. The standard InChI is InChI=1S/C21H29N3O4/c1-23-8-10-24(11-9-23)21(26)16-4-5-17(13-16)22-20(25)7-3-15-2-6-18-19(12-15)28-14-27-18/h2,6,12,16-17H,3-5,7-11,13-14H2,1H3,(H,22,25). The zero-order valence-corrected chi connectivity index (χ0v) is 16.5. The number of fused-ring (bicyclic) bond motifs is 1. The maximum atomic E-state index is 12.7. The lowest BCUT2D eigenvalue weighted by Gasteiger charge is -2.34. The molecule has 152 valence electrons. The minimum atomic E-state index is 0.0513. The van der Waals surface area contributed by atoms with E-state index in [1.165, 1.54) is 0 Å². The first-order chi connectivity index (χ1) is 13.6. The zero-order valence-electron chi connectivity index (χ0n) is 16.5. The highest BCUT2D eigenvalue weighted by atomic mass is 16.7. The van der Waals surface area contributed by atoms with Crippen LogP contribution in [0.4, 0.5) is 0 Å². The fourth-order valence-electron chi connectivity index (χ4n) is 4.28. The maximum Gasteiger partial charge on any atom is 0.231 e. The van der Waals surface area contributed by atoms with E-state index in [1.54, 1.807) is 0 Å². The smallest absolute Gasteiger partial charge is 0.231 e. The molecule has 0 spiro atoms. The highest BCUT2D eigenvalue weighted by Gasteiger charge is 2.34. The van der Waals surface area contributed by atoms with Gasteiger partial charge in [0.1, 0.15) is 0 Å². The third-order valence-corrected chi connectivity index (χ3v) is 6.04. The molecule has 1 aromatic carbocycles. The van der Waals surface area contributed by atoms with Gasteiger partial charge >= 0.3 is 0 Å². The van der Waals surface area contributed by atoms with Gasteiger partial charge in [-0.3, -0.25) is 9.59 Å². The number of hydrogen-bond donors (Lipinski definition) is 1. The predicted octanol–water partition coefficient (Wildman–Crippen LogP) is 1.41. The van der Waals surface area contributed by atoms with Crippen molar-refractivity contribution in [1.82, 2.24) is 15.1 Å². The Morgan fingerprint density at radius 2 is 1.89 bits per heavy atom. The molecule has 1 aromatic rings. The van der Waals surface area contributed by atoms with Gasteiger partial charge in [-0.05, 0) is 50.4 Å². The van der Waals surface area contributed by atoms with Crippen LogP contribution in [0, 0.1) is 5.92 Å². The Morgan fingerprint density at radius 1 is 1.11 bits per heavy atom. The average Bonchev–Trinajstić information content (AvgIpc) is 3.35. The Labute approximate surface area is 166 Å². The molecular formula is C21H29N3O4. The molecule has 2 amide bonds. The molecule has 0 aromatic heterocycles. The van der Waals surface area contributed by atoms with Gasteiger partial charge in [0, 0.05) is 44.6 Å². The van der Waals surface area contributed by atoms with Crippen LogP contribution in [0.25, 0.3) is 0 Å². The molecule has 0 radical (unpaired) electrons. The number of carbonyl (C=O) groups excluding carboxylic acids is 2. The lowest BCUT2D eigenvalue weighted by atomic mass is 10.1. The van der Waals surface area contributed by atoms with Crippen LogP contribution < -0.4 is 14.8 Å². The summed E-state index contributed by atoms with van der Waals surface area (Å²) in [5.41, 5.74) is 1.06. The molecule has 28 heavy (non-hydrogen) atoms. The second-order valence-corrected chi connectivity index (χ2v) is 8.09. The van der Waals surface area contributed by atoms with Gasteiger partial charge in [-0.2, -0.15) is 0 Å². The van der Waals surface area contributed by atoms with Crippen molar-refractivity contribution < 1.29 is 19.1 Å². The molecule has 2 fully saturated rings. The van der Waals surface area contributed by atoms with E-state index in [0.29, 0.717) is 12.8 Å². The predicted molar refractivity (Wildman–Crippen MR) is 104 cm³/mol. The molecule has 1 aliphatic carbocycles. The highest BCUT2D eigenvalue weighted by Crippen LogP contribution is 2.33. The number of benzene rings is 1. The van der Waals surface area contributed by atoms with Crippen LogP contribution in [0.5, 0.6) is 11.5 Å². The Morgan fingerprint density at radius 3 is 2.71 bits per heavy atom. The van der Waals surface area contributed by atoms with Crippen molar-refractivity contribution in [3.05, 3.63) is 23.8 Å². The fourth-order valence-corrected chi connectivity index (χ4v) is 4.28. The summed E-state index contributed by atoms with van der Waals surface area (Å²) >= 11 is 0. The number of nitrogens with zero attached hydrogens (tertiary/aromatic N) is 2. The quantitative estimate of drug-likeness (QED) is 0.827. The molecule has 1 saturated carbocycles. The molecule has 1 saturated heterocycles. The van der Waals surface area contributed by atoms with Gasteiger partial charge in [0.05, 0.1) is 0 Å². The van der Waals surface area contributed by atoms with E-state index in [-0.39, 0.29) is 30.6 Å². The molecule has 0 bridgehead atoms. The summed E-state index contributed by atoms with van der Waals surface area (Å²) in [7, 11) is 2.09. The summed E-state index contributed by atoms with van der Waals surface area (Å²) in [6.07, 6.45) is 3.63. The molecule has 1 N–H and O–H groups in total. The van der Waals surface area contributed by atoms with Crippen molar-refractivity contribution in [3.8, 4) is 11.5 Å². The number of rotatable bonds is 5. The van der Waals surface area contributed by atoms with Gasteiger partial charge in [-0.25, -0.2) is 0 Å².